The summed E-state index contributed by atoms with van der Waals surface area (Å²) in [4.78, 5) is 1.38. The Morgan fingerprint density at radius 2 is 2.46 bits per heavy atom. The molecule has 2 nitrogen and oxygen atoms in total. The fourth-order valence-electron chi connectivity index (χ4n) is 1.30. The molecule has 1 heterocycles. The highest BCUT2D eigenvalue weighted by Gasteiger charge is 2.07. The van der Waals surface area contributed by atoms with E-state index in [0.717, 1.165) is 12.8 Å². The van der Waals surface area contributed by atoms with E-state index in [4.69, 9.17) is 5.84 Å². The zero-order valence-electron chi connectivity index (χ0n) is 7.72. The summed E-state index contributed by atoms with van der Waals surface area (Å²) < 4.78 is 1.17. The lowest BCUT2D eigenvalue weighted by Crippen LogP contribution is -2.36. The second-order valence-electron chi connectivity index (χ2n) is 3.09. The zero-order valence-corrected chi connectivity index (χ0v) is 10.1. The second kappa shape index (κ2) is 5.75. The molecule has 4 heteroatoms. The van der Waals surface area contributed by atoms with Crippen LogP contribution in [-0.2, 0) is 6.42 Å². The van der Waals surface area contributed by atoms with Gasteiger partial charge in [0, 0.05) is 20.8 Å². The van der Waals surface area contributed by atoms with Crippen LogP contribution in [0, 0.1) is 0 Å². The molecule has 0 fully saturated rings. The second-order valence-corrected chi connectivity index (χ2v) is 5.00. The molecule has 0 amide bonds. The van der Waals surface area contributed by atoms with Gasteiger partial charge in [-0.25, -0.2) is 0 Å². The van der Waals surface area contributed by atoms with Crippen molar-refractivity contribution in [2.75, 3.05) is 0 Å². The van der Waals surface area contributed by atoms with E-state index in [1.165, 1.54) is 15.8 Å². The van der Waals surface area contributed by atoms with Crippen molar-refractivity contribution in [1.29, 1.82) is 0 Å². The number of rotatable bonds is 5. The van der Waals surface area contributed by atoms with Crippen LogP contribution in [0.5, 0.6) is 0 Å². The van der Waals surface area contributed by atoms with E-state index in [-0.39, 0.29) is 0 Å². The standard InChI is InChI=1S/C9H15BrN2S/c1-2-3-8(12-11)5-9-4-7(10)6-13-9/h4,6,8,12H,2-3,5,11H2,1H3. The van der Waals surface area contributed by atoms with Crippen molar-refractivity contribution < 1.29 is 0 Å². The average Bonchev–Trinajstić information content (AvgIpc) is 2.50. The molecular weight excluding hydrogens is 248 g/mol. The minimum absolute atomic E-state index is 0.413. The number of hydrogen-bond donors (Lipinski definition) is 2. The summed E-state index contributed by atoms with van der Waals surface area (Å²) in [6, 6.07) is 2.57. The Kier molecular flexibility index (Phi) is 4.94. The first-order valence-corrected chi connectivity index (χ1v) is 6.12. The number of halogens is 1. The Balaban J connectivity index is 2.46. The molecule has 1 rings (SSSR count). The number of nitrogens with one attached hydrogen (secondary N) is 1. The molecule has 0 radical (unpaired) electrons. The molecule has 13 heavy (non-hydrogen) atoms. The molecule has 0 aromatic carbocycles. The molecule has 1 unspecified atom stereocenters. The van der Waals surface area contributed by atoms with Gasteiger partial charge in [0.1, 0.15) is 0 Å². The van der Waals surface area contributed by atoms with Crippen LogP contribution >= 0.6 is 27.3 Å². The third kappa shape index (κ3) is 3.77. The first kappa shape index (κ1) is 11.2. The van der Waals surface area contributed by atoms with E-state index >= 15 is 0 Å². The van der Waals surface area contributed by atoms with Crippen LogP contribution in [0.15, 0.2) is 15.9 Å². The van der Waals surface area contributed by atoms with E-state index < -0.39 is 0 Å². The van der Waals surface area contributed by atoms with E-state index in [1.54, 1.807) is 11.3 Å². The summed E-state index contributed by atoms with van der Waals surface area (Å²) in [5.74, 6) is 5.46. The topological polar surface area (TPSA) is 38.0 Å². The van der Waals surface area contributed by atoms with E-state index in [1.807, 2.05) is 0 Å². The van der Waals surface area contributed by atoms with Crippen molar-refractivity contribution in [3.05, 3.63) is 20.8 Å². The molecule has 0 aliphatic rings. The summed E-state index contributed by atoms with van der Waals surface area (Å²) >= 11 is 5.22. The Morgan fingerprint density at radius 3 is 2.92 bits per heavy atom. The smallest absolute Gasteiger partial charge is 0.0285 e. The molecule has 0 spiro atoms. The predicted molar refractivity (Wildman–Crippen MR) is 61.7 cm³/mol. The maximum atomic E-state index is 5.46. The highest BCUT2D eigenvalue weighted by molar-refractivity contribution is 9.10. The fourth-order valence-corrected chi connectivity index (χ4v) is 2.83. The van der Waals surface area contributed by atoms with E-state index in [0.29, 0.717) is 6.04 Å². The monoisotopic (exact) mass is 262 g/mol. The lowest BCUT2D eigenvalue weighted by atomic mass is 10.1. The predicted octanol–water partition coefficient (Wildman–Crippen LogP) is 2.69. The van der Waals surface area contributed by atoms with Crippen molar-refractivity contribution in [3.8, 4) is 0 Å². The van der Waals surface area contributed by atoms with Gasteiger partial charge in [0.15, 0.2) is 0 Å². The first-order chi connectivity index (χ1) is 6.26. The molecule has 1 aromatic rings. The van der Waals surface area contributed by atoms with Crippen molar-refractivity contribution in [1.82, 2.24) is 5.43 Å². The molecule has 0 aliphatic heterocycles. The van der Waals surface area contributed by atoms with Gasteiger partial charge in [0.05, 0.1) is 0 Å². The fraction of sp³-hybridized carbons (Fsp3) is 0.556. The third-order valence-electron chi connectivity index (χ3n) is 1.94. The third-order valence-corrected chi connectivity index (χ3v) is 3.66. The van der Waals surface area contributed by atoms with E-state index in [2.05, 4.69) is 39.7 Å². The van der Waals surface area contributed by atoms with Gasteiger partial charge in [-0.05, 0) is 34.8 Å². The van der Waals surface area contributed by atoms with Gasteiger partial charge in [0.25, 0.3) is 0 Å². The van der Waals surface area contributed by atoms with Gasteiger partial charge in [-0.1, -0.05) is 13.3 Å². The van der Waals surface area contributed by atoms with Gasteiger partial charge < -0.3 is 0 Å². The quantitative estimate of drug-likeness (QED) is 0.633. The lowest BCUT2D eigenvalue weighted by Gasteiger charge is -2.12. The number of nitrogens with two attached hydrogens (primary N) is 1. The SMILES string of the molecule is CCCC(Cc1cc(Br)cs1)NN. The molecule has 0 aliphatic carbocycles. The van der Waals surface area contributed by atoms with Crippen LogP contribution in [-0.4, -0.2) is 6.04 Å². The molecule has 0 saturated carbocycles. The van der Waals surface area contributed by atoms with Gasteiger partial charge >= 0.3 is 0 Å². The summed E-state index contributed by atoms with van der Waals surface area (Å²) in [6.45, 7) is 2.18. The minimum Gasteiger partial charge on any atom is -0.271 e. The molecule has 0 bridgehead atoms. The van der Waals surface area contributed by atoms with Crippen LogP contribution in [0.4, 0.5) is 0 Å². The Bertz CT molecular complexity index is 250. The first-order valence-electron chi connectivity index (χ1n) is 4.45. The van der Waals surface area contributed by atoms with Gasteiger partial charge in [0.2, 0.25) is 0 Å². The Hall–Kier alpha value is 0.1000. The molecule has 74 valence electrons. The Morgan fingerprint density at radius 1 is 1.69 bits per heavy atom. The van der Waals surface area contributed by atoms with Crippen LogP contribution in [0.1, 0.15) is 24.6 Å². The number of hydrazine groups is 1. The summed E-state index contributed by atoms with van der Waals surface area (Å²) in [6.07, 6.45) is 3.33. The van der Waals surface area contributed by atoms with Crippen molar-refractivity contribution in [2.24, 2.45) is 5.84 Å². The average molecular weight is 263 g/mol. The number of thiophene rings is 1. The molecule has 1 atom stereocenters. The van der Waals surface area contributed by atoms with Gasteiger partial charge in [-0.3, -0.25) is 11.3 Å². The van der Waals surface area contributed by atoms with Crippen LogP contribution in [0.3, 0.4) is 0 Å². The van der Waals surface area contributed by atoms with Gasteiger partial charge in [-0.15, -0.1) is 11.3 Å². The normalized spacial score (nSPS) is 13.2. The summed E-state index contributed by atoms with van der Waals surface area (Å²) in [5.41, 5.74) is 2.85. The molecule has 1 aromatic heterocycles. The van der Waals surface area contributed by atoms with Crippen molar-refractivity contribution >= 4 is 27.3 Å². The van der Waals surface area contributed by atoms with Crippen LogP contribution in [0.25, 0.3) is 0 Å². The minimum atomic E-state index is 0.413. The molecule has 3 N–H and O–H groups in total. The lowest BCUT2D eigenvalue weighted by molar-refractivity contribution is 0.488. The summed E-state index contributed by atoms with van der Waals surface area (Å²) in [5, 5.41) is 2.11. The zero-order chi connectivity index (χ0) is 9.68. The van der Waals surface area contributed by atoms with Crippen LogP contribution < -0.4 is 11.3 Å². The summed E-state index contributed by atoms with van der Waals surface area (Å²) in [7, 11) is 0. The largest absolute Gasteiger partial charge is 0.271 e. The van der Waals surface area contributed by atoms with Gasteiger partial charge in [-0.2, -0.15) is 0 Å². The highest BCUT2D eigenvalue weighted by atomic mass is 79.9. The maximum absolute atomic E-state index is 5.46. The van der Waals surface area contributed by atoms with E-state index in [9.17, 15) is 0 Å². The number of hydrogen-bond acceptors (Lipinski definition) is 3. The molecular formula is C9H15BrN2S. The highest BCUT2D eigenvalue weighted by Crippen LogP contribution is 2.21. The Labute approximate surface area is 91.6 Å². The maximum Gasteiger partial charge on any atom is 0.0285 e. The van der Waals surface area contributed by atoms with Crippen LogP contribution in [0.2, 0.25) is 0 Å². The molecule has 0 saturated heterocycles. The van der Waals surface area contributed by atoms with Crippen molar-refractivity contribution in [3.63, 3.8) is 0 Å². The van der Waals surface area contributed by atoms with Crippen molar-refractivity contribution in [2.45, 2.75) is 32.2 Å².